The summed E-state index contributed by atoms with van der Waals surface area (Å²) in [6, 6.07) is 17.2. The average molecular weight is 531 g/mol. The monoisotopic (exact) mass is 530 g/mol. The molecular weight excluding hydrogens is 499 g/mol. The Kier molecular flexibility index (Phi) is 6.93. The van der Waals surface area contributed by atoms with Gasteiger partial charge in [-0.25, -0.2) is 9.78 Å². The standard InChI is InChI=1S/C31H32ClFN4O/c32-25-10-6-22(7-11-25)3-2-18-36(20-23-12-15-35-28(33)19-23)30(38)37-21-31(13-16-34-17-14-31)29-26(24-8-9-24)4-1-5-27(29)37/h1-7,10-12,15,19,24,34H,8-9,13-14,16-18,20-21H2. The van der Waals surface area contributed by atoms with Gasteiger partial charge in [0.1, 0.15) is 0 Å². The fourth-order valence-electron chi connectivity index (χ4n) is 6.08. The number of urea groups is 1. The summed E-state index contributed by atoms with van der Waals surface area (Å²) < 4.78 is 13.9. The van der Waals surface area contributed by atoms with Crippen LogP contribution in [0.25, 0.3) is 6.08 Å². The molecule has 0 atom stereocenters. The number of nitrogens with zero attached hydrogens (tertiary/aromatic N) is 3. The Morgan fingerprint density at radius 1 is 1.16 bits per heavy atom. The highest BCUT2D eigenvalue weighted by Crippen LogP contribution is 2.53. The van der Waals surface area contributed by atoms with E-state index in [1.165, 1.54) is 36.2 Å². The van der Waals surface area contributed by atoms with Crippen molar-refractivity contribution >= 4 is 29.4 Å². The largest absolute Gasteiger partial charge is 0.325 e. The Bertz CT molecular complexity index is 1350. The van der Waals surface area contributed by atoms with Crippen molar-refractivity contribution in [2.45, 2.75) is 43.6 Å². The number of hydrogen-bond acceptors (Lipinski definition) is 3. The molecule has 1 saturated heterocycles. The first kappa shape index (κ1) is 25.1. The summed E-state index contributed by atoms with van der Waals surface area (Å²) in [5.74, 6) is 0.0748. The van der Waals surface area contributed by atoms with Crippen LogP contribution in [0.1, 0.15) is 53.9 Å². The molecule has 0 radical (unpaired) electrons. The number of rotatable bonds is 6. The van der Waals surface area contributed by atoms with Crippen molar-refractivity contribution in [3.05, 3.63) is 100 Å². The summed E-state index contributed by atoms with van der Waals surface area (Å²) in [6.45, 7) is 3.31. The number of nitrogens with one attached hydrogen (secondary N) is 1. The number of carbonyl (C=O) groups excluding carboxylic acids is 1. The van der Waals surface area contributed by atoms with Gasteiger partial charge < -0.3 is 10.2 Å². The quantitative estimate of drug-likeness (QED) is 0.369. The zero-order valence-electron chi connectivity index (χ0n) is 21.4. The number of benzene rings is 2. The summed E-state index contributed by atoms with van der Waals surface area (Å²) >= 11 is 6.03. The van der Waals surface area contributed by atoms with Crippen molar-refractivity contribution in [2.24, 2.45) is 0 Å². The molecule has 2 fully saturated rings. The number of hydrogen-bond donors (Lipinski definition) is 1. The van der Waals surface area contributed by atoms with Crippen molar-refractivity contribution < 1.29 is 9.18 Å². The van der Waals surface area contributed by atoms with Gasteiger partial charge in [0.05, 0.1) is 0 Å². The van der Waals surface area contributed by atoms with Crippen molar-refractivity contribution in [3.63, 3.8) is 0 Å². The highest BCUT2D eigenvalue weighted by molar-refractivity contribution is 6.30. The van der Waals surface area contributed by atoms with Gasteiger partial charge in [-0.1, -0.05) is 48.0 Å². The maximum Gasteiger partial charge on any atom is 0.325 e. The molecule has 2 amide bonds. The fraction of sp³-hybridized carbons (Fsp3) is 0.355. The van der Waals surface area contributed by atoms with Gasteiger partial charge in [-0.3, -0.25) is 4.90 Å². The normalized spacial score (nSPS) is 18.2. The van der Waals surface area contributed by atoms with Crippen LogP contribution in [-0.4, -0.2) is 42.1 Å². The topological polar surface area (TPSA) is 48.5 Å². The number of pyridine rings is 1. The number of anilines is 1. The fourth-order valence-corrected chi connectivity index (χ4v) is 6.20. The Balaban J connectivity index is 1.32. The minimum atomic E-state index is -0.541. The van der Waals surface area contributed by atoms with E-state index >= 15 is 0 Å². The Morgan fingerprint density at radius 2 is 1.95 bits per heavy atom. The number of aromatic nitrogens is 1. The van der Waals surface area contributed by atoms with Crippen LogP contribution >= 0.6 is 11.6 Å². The second-order valence-corrected chi connectivity index (χ2v) is 11.2. The zero-order valence-corrected chi connectivity index (χ0v) is 22.1. The predicted molar refractivity (Wildman–Crippen MR) is 150 cm³/mol. The molecule has 1 spiro atoms. The third kappa shape index (κ3) is 5.07. The molecule has 5 nitrogen and oxygen atoms in total. The van der Waals surface area contributed by atoms with E-state index < -0.39 is 5.95 Å². The zero-order chi connectivity index (χ0) is 26.1. The van der Waals surface area contributed by atoms with E-state index in [9.17, 15) is 9.18 Å². The first-order valence-corrected chi connectivity index (χ1v) is 13.8. The molecule has 2 aromatic carbocycles. The molecule has 1 N–H and O–H groups in total. The van der Waals surface area contributed by atoms with Crippen LogP contribution in [0.4, 0.5) is 14.9 Å². The molecule has 3 heterocycles. The number of carbonyl (C=O) groups is 1. The van der Waals surface area contributed by atoms with E-state index in [-0.39, 0.29) is 11.4 Å². The minimum absolute atomic E-state index is 0.0109. The molecule has 1 aliphatic carbocycles. The van der Waals surface area contributed by atoms with Gasteiger partial charge in [0.2, 0.25) is 5.95 Å². The van der Waals surface area contributed by atoms with Crippen molar-refractivity contribution in [2.75, 3.05) is 31.1 Å². The van der Waals surface area contributed by atoms with Crippen LogP contribution in [0.2, 0.25) is 5.02 Å². The minimum Gasteiger partial charge on any atom is -0.317 e. The number of piperidine rings is 1. The third-order valence-electron chi connectivity index (χ3n) is 8.11. The number of fused-ring (bicyclic) bond motifs is 2. The molecule has 0 bridgehead atoms. The first-order chi connectivity index (χ1) is 18.5. The van der Waals surface area contributed by atoms with Gasteiger partial charge in [-0.2, -0.15) is 4.39 Å². The van der Waals surface area contributed by atoms with Crippen LogP contribution in [0.5, 0.6) is 0 Å². The highest BCUT2D eigenvalue weighted by atomic mass is 35.5. The van der Waals surface area contributed by atoms with Crippen LogP contribution in [-0.2, 0) is 12.0 Å². The molecule has 3 aliphatic rings. The van der Waals surface area contributed by atoms with Crippen LogP contribution in [0.3, 0.4) is 0 Å². The van der Waals surface area contributed by atoms with Crippen molar-refractivity contribution in [3.8, 4) is 0 Å². The maximum atomic E-state index is 14.3. The summed E-state index contributed by atoms with van der Waals surface area (Å²) in [7, 11) is 0. The smallest absolute Gasteiger partial charge is 0.317 e. The SMILES string of the molecule is O=C(N(CC=Cc1ccc(Cl)cc1)Cc1ccnc(F)c1)N1CC2(CCNCC2)c2c(C3CC3)cccc21. The molecular formula is C31H32ClFN4O. The number of halogens is 2. The summed E-state index contributed by atoms with van der Waals surface area (Å²) in [6.07, 6.45) is 9.94. The Labute approximate surface area is 228 Å². The summed E-state index contributed by atoms with van der Waals surface area (Å²) in [4.78, 5) is 21.8. The lowest BCUT2D eigenvalue weighted by Crippen LogP contribution is -2.48. The third-order valence-corrected chi connectivity index (χ3v) is 8.36. The Morgan fingerprint density at radius 3 is 2.68 bits per heavy atom. The van der Waals surface area contributed by atoms with E-state index in [0.717, 1.165) is 37.2 Å². The molecule has 3 aromatic rings. The number of amides is 2. The van der Waals surface area contributed by atoms with E-state index in [1.807, 2.05) is 41.3 Å². The van der Waals surface area contributed by atoms with Crippen LogP contribution in [0, 0.1) is 5.95 Å². The molecule has 1 saturated carbocycles. The lowest BCUT2D eigenvalue weighted by molar-refractivity contribution is 0.205. The summed E-state index contributed by atoms with van der Waals surface area (Å²) in [5, 5.41) is 4.19. The van der Waals surface area contributed by atoms with E-state index in [0.29, 0.717) is 36.1 Å². The van der Waals surface area contributed by atoms with Gasteiger partial charge in [-0.05, 0) is 97.3 Å². The van der Waals surface area contributed by atoms with Crippen molar-refractivity contribution in [1.29, 1.82) is 0 Å². The molecule has 196 valence electrons. The lowest BCUT2D eigenvalue weighted by Gasteiger charge is -2.36. The maximum absolute atomic E-state index is 14.3. The van der Waals surface area contributed by atoms with Crippen LogP contribution in [0.15, 0.2) is 66.9 Å². The van der Waals surface area contributed by atoms with Gasteiger partial charge in [0, 0.05) is 42.0 Å². The van der Waals surface area contributed by atoms with E-state index in [1.54, 1.807) is 11.0 Å². The molecule has 38 heavy (non-hydrogen) atoms. The molecule has 7 heteroatoms. The molecule has 6 rings (SSSR count). The average Bonchev–Trinajstić information content (AvgIpc) is 3.73. The Hall–Kier alpha value is -3.22. The first-order valence-electron chi connectivity index (χ1n) is 13.5. The predicted octanol–water partition coefficient (Wildman–Crippen LogP) is 6.53. The molecule has 0 unspecified atom stereocenters. The van der Waals surface area contributed by atoms with Crippen molar-refractivity contribution in [1.82, 2.24) is 15.2 Å². The molecule has 2 aliphatic heterocycles. The van der Waals surface area contributed by atoms with E-state index in [4.69, 9.17) is 11.6 Å². The van der Waals surface area contributed by atoms with Gasteiger partial charge in [0.15, 0.2) is 0 Å². The highest BCUT2D eigenvalue weighted by Gasteiger charge is 2.48. The lowest BCUT2D eigenvalue weighted by atomic mass is 9.72. The van der Waals surface area contributed by atoms with Gasteiger partial charge >= 0.3 is 6.03 Å². The summed E-state index contributed by atoms with van der Waals surface area (Å²) in [5.41, 5.74) is 5.59. The molecule has 1 aromatic heterocycles. The second kappa shape index (κ2) is 10.5. The van der Waals surface area contributed by atoms with Gasteiger partial charge in [-0.15, -0.1) is 0 Å². The van der Waals surface area contributed by atoms with E-state index in [2.05, 4.69) is 28.5 Å². The second-order valence-electron chi connectivity index (χ2n) is 10.7. The van der Waals surface area contributed by atoms with Gasteiger partial charge in [0.25, 0.3) is 0 Å². The van der Waals surface area contributed by atoms with Crippen LogP contribution < -0.4 is 10.2 Å².